The molecule has 0 aliphatic rings. The summed E-state index contributed by atoms with van der Waals surface area (Å²) in [6.45, 7) is 7.80. The van der Waals surface area contributed by atoms with Gasteiger partial charge in [0.1, 0.15) is 5.52 Å². The van der Waals surface area contributed by atoms with Crippen LogP contribution < -0.4 is 0 Å². The summed E-state index contributed by atoms with van der Waals surface area (Å²) >= 11 is 7.15. The van der Waals surface area contributed by atoms with Crippen molar-refractivity contribution in [2.24, 2.45) is 0 Å². The van der Waals surface area contributed by atoms with Crippen LogP contribution in [0, 0.1) is 18.6 Å². The van der Waals surface area contributed by atoms with Gasteiger partial charge in [-0.25, -0.2) is 9.67 Å². The van der Waals surface area contributed by atoms with Gasteiger partial charge in [-0.2, -0.15) is 5.10 Å². The van der Waals surface area contributed by atoms with E-state index in [2.05, 4.69) is 31.9 Å². The zero-order valence-corrected chi connectivity index (χ0v) is 13.4. The first-order valence-corrected chi connectivity index (χ1v) is 7.96. The number of thiazole rings is 1. The van der Waals surface area contributed by atoms with Crippen LogP contribution in [-0.2, 0) is 19.5 Å². The average Bonchev–Trinajstić information content (AvgIpc) is 3.05. The zero-order chi connectivity index (χ0) is 14.3. The van der Waals surface area contributed by atoms with Gasteiger partial charge in [-0.15, -0.1) is 11.3 Å². The number of aromatic nitrogens is 5. The number of aromatic amines is 1. The molecule has 1 N–H and O–H groups in total. The van der Waals surface area contributed by atoms with Crippen molar-refractivity contribution in [3.8, 4) is 0 Å². The van der Waals surface area contributed by atoms with E-state index in [9.17, 15) is 0 Å². The summed E-state index contributed by atoms with van der Waals surface area (Å²) in [6.07, 6.45) is 0.897. The molecule has 0 bridgehead atoms. The van der Waals surface area contributed by atoms with Crippen molar-refractivity contribution in [1.82, 2.24) is 24.3 Å². The maximum atomic E-state index is 5.44. The number of nitrogens with one attached hydrogen (secondary N) is 1. The molecule has 0 aromatic carbocycles. The van der Waals surface area contributed by atoms with E-state index in [4.69, 9.17) is 12.2 Å². The third-order valence-electron chi connectivity index (χ3n) is 3.35. The summed E-state index contributed by atoms with van der Waals surface area (Å²) in [6, 6.07) is 0. The largest absolute Gasteiger partial charge is 0.328 e. The Morgan fingerprint density at radius 2 is 2.20 bits per heavy atom. The van der Waals surface area contributed by atoms with Crippen LogP contribution in [0.15, 0.2) is 5.38 Å². The molecule has 0 fully saturated rings. The monoisotopic (exact) mass is 307 g/mol. The summed E-state index contributed by atoms with van der Waals surface area (Å²) in [4.78, 5) is 7.78. The maximum Gasteiger partial charge on any atom is 0.179 e. The molecule has 106 valence electrons. The Balaban J connectivity index is 1.98. The molecule has 0 saturated carbocycles. The van der Waals surface area contributed by atoms with Crippen molar-refractivity contribution in [2.75, 3.05) is 0 Å². The summed E-state index contributed by atoms with van der Waals surface area (Å²) < 4.78 is 4.89. The van der Waals surface area contributed by atoms with E-state index >= 15 is 0 Å². The molecule has 5 nitrogen and oxygen atoms in total. The van der Waals surface area contributed by atoms with Crippen molar-refractivity contribution in [3.63, 3.8) is 0 Å². The van der Waals surface area contributed by atoms with E-state index in [1.165, 1.54) is 0 Å². The molecule has 0 unspecified atom stereocenters. The number of hydrogen-bond acceptors (Lipinski definition) is 4. The fourth-order valence-corrected chi connectivity index (χ4v) is 3.46. The first kappa shape index (κ1) is 13.5. The zero-order valence-electron chi connectivity index (χ0n) is 11.8. The highest BCUT2D eigenvalue weighted by molar-refractivity contribution is 7.71. The first-order valence-electron chi connectivity index (χ1n) is 6.67. The molecule has 0 atom stereocenters. The van der Waals surface area contributed by atoms with E-state index < -0.39 is 0 Å². The van der Waals surface area contributed by atoms with Crippen molar-refractivity contribution < 1.29 is 0 Å². The Bertz CT molecular complexity index is 805. The van der Waals surface area contributed by atoms with Crippen molar-refractivity contribution >= 4 is 34.7 Å². The fraction of sp³-hybridized carbons (Fsp3) is 0.462. The number of nitrogens with zero attached hydrogens (tertiary/aromatic N) is 4. The normalized spacial score (nSPS) is 11.6. The lowest BCUT2D eigenvalue weighted by Crippen LogP contribution is -2.07. The lowest BCUT2D eigenvalue weighted by atomic mass is 10.4. The van der Waals surface area contributed by atoms with Gasteiger partial charge in [0.25, 0.3) is 0 Å². The molecular formula is C13H17N5S2. The summed E-state index contributed by atoms with van der Waals surface area (Å²) in [7, 11) is 0. The number of rotatable bonds is 4. The van der Waals surface area contributed by atoms with Gasteiger partial charge in [0.05, 0.1) is 10.7 Å². The van der Waals surface area contributed by atoms with E-state index in [0.717, 1.165) is 51.8 Å². The Morgan fingerprint density at radius 1 is 1.40 bits per heavy atom. The molecule has 20 heavy (non-hydrogen) atoms. The number of imidazole rings is 1. The van der Waals surface area contributed by atoms with Crippen LogP contribution in [0.25, 0.3) is 11.2 Å². The van der Waals surface area contributed by atoms with Crippen molar-refractivity contribution in [1.29, 1.82) is 0 Å². The Hall–Kier alpha value is -1.47. The van der Waals surface area contributed by atoms with E-state index in [0.29, 0.717) is 0 Å². The van der Waals surface area contributed by atoms with Crippen LogP contribution in [-0.4, -0.2) is 24.3 Å². The highest BCUT2D eigenvalue weighted by atomic mass is 32.1. The predicted octanol–water partition coefficient (Wildman–Crippen LogP) is 3.23. The highest BCUT2D eigenvalue weighted by Crippen LogP contribution is 2.19. The van der Waals surface area contributed by atoms with E-state index in [-0.39, 0.29) is 0 Å². The molecule has 3 heterocycles. The summed E-state index contributed by atoms with van der Waals surface area (Å²) in [5.74, 6) is 0. The van der Waals surface area contributed by atoms with Gasteiger partial charge in [0, 0.05) is 30.6 Å². The molecule has 7 heteroatoms. The number of hydrogen-bond donors (Lipinski definition) is 1. The van der Waals surface area contributed by atoms with Gasteiger partial charge < -0.3 is 9.55 Å². The number of H-pyrrole nitrogens is 1. The summed E-state index contributed by atoms with van der Waals surface area (Å²) in [5.41, 5.74) is 4.22. The standard InChI is InChI=1S/C13H17N5S2/c1-4-18-12-11(9(3)16-18)15-13(19)17(12)6-5-10-14-8(2)7-20-10/h7H,4-6H2,1-3H3,(H,15,19). The molecule has 0 aliphatic heterocycles. The van der Waals surface area contributed by atoms with E-state index in [1.54, 1.807) is 11.3 Å². The molecule has 3 aromatic rings. The Labute approximate surface area is 126 Å². The van der Waals surface area contributed by atoms with Crippen LogP contribution in [0.5, 0.6) is 0 Å². The third-order valence-corrected chi connectivity index (χ3v) is 4.70. The van der Waals surface area contributed by atoms with Crippen molar-refractivity contribution in [3.05, 3.63) is 26.5 Å². The topological polar surface area (TPSA) is 51.4 Å². The number of aryl methyl sites for hydroxylation is 5. The van der Waals surface area contributed by atoms with Gasteiger partial charge in [-0.1, -0.05) is 0 Å². The van der Waals surface area contributed by atoms with E-state index in [1.807, 2.05) is 18.5 Å². The molecule has 0 aliphatic carbocycles. The first-order chi connectivity index (χ1) is 9.60. The second-order valence-corrected chi connectivity index (χ2v) is 6.14. The second kappa shape index (κ2) is 5.14. The van der Waals surface area contributed by atoms with Gasteiger partial charge in [-0.05, 0) is 33.0 Å². The molecule has 0 saturated heterocycles. The fourth-order valence-electron chi connectivity index (χ4n) is 2.41. The second-order valence-electron chi connectivity index (χ2n) is 4.81. The Kier molecular flexibility index (Phi) is 3.47. The van der Waals surface area contributed by atoms with Gasteiger partial charge >= 0.3 is 0 Å². The van der Waals surface area contributed by atoms with Gasteiger partial charge in [-0.3, -0.25) is 0 Å². The minimum absolute atomic E-state index is 0.760. The highest BCUT2D eigenvalue weighted by Gasteiger charge is 2.14. The quantitative estimate of drug-likeness (QED) is 0.753. The average molecular weight is 307 g/mol. The maximum absolute atomic E-state index is 5.44. The molecule has 0 radical (unpaired) electrons. The smallest absolute Gasteiger partial charge is 0.179 e. The molecule has 0 spiro atoms. The Morgan fingerprint density at radius 3 is 2.85 bits per heavy atom. The molecule has 3 rings (SSSR count). The lowest BCUT2D eigenvalue weighted by Gasteiger charge is -2.04. The van der Waals surface area contributed by atoms with Crippen molar-refractivity contribution in [2.45, 2.75) is 40.3 Å². The van der Waals surface area contributed by atoms with Gasteiger partial charge in [0.15, 0.2) is 10.4 Å². The predicted molar refractivity (Wildman–Crippen MR) is 83.9 cm³/mol. The minimum atomic E-state index is 0.760. The summed E-state index contributed by atoms with van der Waals surface area (Å²) in [5, 5.41) is 7.77. The van der Waals surface area contributed by atoms with Crippen LogP contribution in [0.2, 0.25) is 0 Å². The lowest BCUT2D eigenvalue weighted by molar-refractivity contribution is 0.622. The molecule has 0 amide bonds. The van der Waals surface area contributed by atoms with Crippen LogP contribution in [0.4, 0.5) is 0 Å². The minimum Gasteiger partial charge on any atom is -0.328 e. The SMILES string of the molecule is CCn1nc(C)c2[nH]c(=S)n(CCc3nc(C)cs3)c21. The third kappa shape index (κ3) is 2.20. The van der Waals surface area contributed by atoms with Crippen LogP contribution in [0.3, 0.4) is 0 Å². The molecule has 3 aromatic heterocycles. The molecular weight excluding hydrogens is 290 g/mol. The van der Waals surface area contributed by atoms with Crippen LogP contribution >= 0.6 is 23.6 Å². The number of fused-ring (bicyclic) bond motifs is 1. The van der Waals surface area contributed by atoms with Gasteiger partial charge in [0.2, 0.25) is 0 Å². The van der Waals surface area contributed by atoms with Crippen LogP contribution in [0.1, 0.15) is 23.3 Å².